The van der Waals surface area contributed by atoms with Crippen molar-refractivity contribution in [3.8, 4) is 0 Å². The van der Waals surface area contributed by atoms with Gasteiger partial charge in [-0.1, -0.05) is 0 Å². The van der Waals surface area contributed by atoms with Crippen LogP contribution in [0.4, 0.5) is 0 Å². The van der Waals surface area contributed by atoms with Gasteiger partial charge in [-0.05, 0) is 31.6 Å². The molecule has 0 saturated carbocycles. The number of hydrogen-bond acceptors (Lipinski definition) is 5. The Bertz CT molecular complexity index is 487. The summed E-state index contributed by atoms with van der Waals surface area (Å²) < 4.78 is 27.6. The number of nitrogens with zero attached hydrogens (tertiary/aromatic N) is 1. The van der Waals surface area contributed by atoms with Crippen LogP contribution in [0, 0.1) is 5.92 Å². The molecule has 0 radical (unpaired) electrons. The molecule has 2 heterocycles. The molecular formula is C13H21NO5S. The summed E-state index contributed by atoms with van der Waals surface area (Å²) in [5.74, 6) is -0.340. The molecule has 0 aliphatic carbocycles. The molecule has 0 bridgehead atoms. The van der Waals surface area contributed by atoms with E-state index in [0.29, 0.717) is 19.4 Å². The Morgan fingerprint density at radius 2 is 2.00 bits per heavy atom. The third-order valence-electron chi connectivity index (χ3n) is 4.09. The van der Waals surface area contributed by atoms with Gasteiger partial charge >= 0.3 is 5.97 Å². The quantitative estimate of drug-likeness (QED) is 0.703. The van der Waals surface area contributed by atoms with Gasteiger partial charge in [0, 0.05) is 13.0 Å². The largest absolute Gasteiger partial charge is 0.467 e. The number of amides is 1. The van der Waals surface area contributed by atoms with Gasteiger partial charge < -0.3 is 9.64 Å². The minimum absolute atomic E-state index is 0.0927. The highest BCUT2D eigenvalue weighted by Crippen LogP contribution is 2.25. The first-order valence-corrected chi connectivity index (χ1v) is 8.83. The van der Waals surface area contributed by atoms with Crippen molar-refractivity contribution in [3.05, 3.63) is 0 Å². The third-order valence-corrected chi connectivity index (χ3v) is 5.92. The second-order valence-corrected chi connectivity index (χ2v) is 7.82. The number of methoxy groups -OCH3 is 1. The lowest BCUT2D eigenvalue weighted by molar-refractivity contribution is -0.155. The molecule has 2 aliphatic rings. The fraction of sp³-hybridized carbons (Fsp3) is 0.846. The number of piperidine rings is 1. The monoisotopic (exact) mass is 303 g/mol. The fourth-order valence-corrected chi connectivity index (χ4v) is 4.87. The van der Waals surface area contributed by atoms with Crippen molar-refractivity contribution in [2.75, 3.05) is 25.2 Å². The van der Waals surface area contributed by atoms with Gasteiger partial charge in [0.1, 0.15) is 6.04 Å². The maximum absolute atomic E-state index is 12.3. The van der Waals surface area contributed by atoms with E-state index in [9.17, 15) is 18.0 Å². The van der Waals surface area contributed by atoms with Crippen molar-refractivity contribution in [2.45, 2.75) is 38.1 Å². The molecule has 2 fully saturated rings. The SMILES string of the molecule is COC(=O)[C@H]1CCCCN1C(=O)CC1CCS(=O)(=O)C1. The molecule has 1 unspecified atom stereocenters. The van der Waals surface area contributed by atoms with Gasteiger partial charge in [-0.2, -0.15) is 0 Å². The lowest BCUT2D eigenvalue weighted by Gasteiger charge is -2.34. The van der Waals surface area contributed by atoms with Gasteiger partial charge in [0.2, 0.25) is 5.91 Å². The summed E-state index contributed by atoms with van der Waals surface area (Å²) in [5.41, 5.74) is 0. The van der Waals surface area contributed by atoms with Crippen LogP contribution >= 0.6 is 0 Å². The Morgan fingerprint density at radius 3 is 2.60 bits per heavy atom. The first-order chi connectivity index (χ1) is 9.43. The summed E-state index contributed by atoms with van der Waals surface area (Å²) in [4.78, 5) is 25.6. The molecule has 114 valence electrons. The Labute approximate surface area is 119 Å². The van der Waals surface area contributed by atoms with E-state index in [1.807, 2.05) is 0 Å². The number of carbonyl (C=O) groups excluding carboxylic acids is 2. The van der Waals surface area contributed by atoms with E-state index in [4.69, 9.17) is 4.74 Å². The molecule has 0 aromatic heterocycles. The average Bonchev–Trinajstić information content (AvgIpc) is 2.77. The van der Waals surface area contributed by atoms with E-state index < -0.39 is 15.9 Å². The maximum Gasteiger partial charge on any atom is 0.328 e. The van der Waals surface area contributed by atoms with Crippen LogP contribution < -0.4 is 0 Å². The molecule has 0 N–H and O–H groups in total. The van der Waals surface area contributed by atoms with E-state index in [2.05, 4.69) is 0 Å². The van der Waals surface area contributed by atoms with Gasteiger partial charge in [0.25, 0.3) is 0 Å². The zero-order valence-corrected chi connectivity index (χ0v) is 12.5. The molecule has 2 saturated heterocycles. The smallest absolute Gasteiger partial charge is 0.328 e. The molecule has 0 spiro atoms. The molecule has 20 heavy (non-hydrogen) atoms. The summed E-state index contributed by atoms with van der Waals surface area (Å²) in [5, 5.41) is 0. The lowest BCUT2D eigenvalue weighted by Crippen LogP contribution is -2.48. The Balaban J connectivity index is 1.98. The highest BCUT2D eigenvalue weighted by Gasteiger charge is 2.36. The second-order valence-electron chi connectivity index (χ2n) is 5.60. The predicted octanol–water partition coefficient (Wildman–Crippen LogP) is 0.365. The molecule has 1 amide bonds. The van der Waals surface area contributed by atoms with Gasteiger partial charge in [-0.15, -0.1) is 0 Å². The number of esters is 1. The standard InChI is InChI=1S/C13H21NO5S/c1-19-13(16)11-4-2-3-6-14(11)12(15)8-10-5-7-20(17,18)9-10/h10-11H,2-9H2,1H3/t10?,11-/m1/s1. The molecule has 2 atom stereocenters. The van der Waals surface area contributed by atoms with E-state index >= 15 is 0 Å². The Kier molecular flexibility index (Phi) is 4.67. The van der Waals surface area contributed by atoms with Crippen molar-refractivity contribution in [1.29, 1.82) is 0 Å². The molecule has 7 heteroatoms. The van der Waals surface area contributed by atoms with Gasteiger partial charge in [-0.25, -0.2) is 13.2 Å². The first-order valence-electron chi connectivity index (χ1n) is 7.00. The average molecular weight is 303 g/mol. The van der Waals surface area contributed by atoms with Crippen molar-refractivity contribution in [1.82, 2.24) is 4.90 Å². The topological polar surface area (TPSA) is 80.8 Å². The number of carbonyl (C=O) groups is 2. The number of ether oxygens (including phenoxy) is 1. The summed E-state index contributed by atoms with van der Waals surface area (Å²) in [6.45, 7) is 0.554. The van der Waals surface area contributed by atoms with Crippen LogP contribution in [0.3, 0.4) is 0 Å². The zero-order chi connectivity index (χ0) is 14.8. The molecule has 0 aromatic carbocycles. The molecule has 2 aliphatic heterocycles. The van der Waals surface area contributed by atoms with Crippen molar-refractivity contribution >= 4 is 21.7 Å². The van der Waals surface area contributed by atoms with Crippen LogP contribution in [0.15, 0.2) is 0 Å². The van der Waals surface area contributed by atoms with E-state index in [1.54, 1.807) is 4.90 Å². The highest BCUT2D eigenvalue weighted by atomic mass is 32.2. The van der Waals surface area contributed by atoms with Gasteiger partial charge in [0.05, 0.1) is 18.6 Å². The van der Waals surface area contributed by atoms with Crippen LogP contribution in [-0.2, 0) is 24.2 Å². The van der Waals surface area contributed by atoms with Gasteiger partial charge in [-0.3, -0.25) is 4.79 Å². The molecule has 0 aromatic rings. The Hall–Kier alpha value is -1.11. The first kappa shape index (κ1) is 15.3. The van der Waals surface area contributed by atoms with Crippen LogP contribution in [0.5, 0.6) is 0 Å². The summed E-state index contributed by atoms with van der Waals surface area (Å²) >= 11 is 0. The lowest BCUT2D eigenvalue weighted by atomic mass is 9.99. The zero-order valence-electron chi connectivity index (χ0n) is 11.7. The van der Waals surface area contributed by atoms with Crippen molar-refractivity contribution in [2.24, 2.45) is 5.92 Å². The fourth-order valence-electron chi connectivity index (χ4n) is 3.01. The highest BCUT2D eigenvalue weighted by molar-refractivity contribution is 7.91. The van der Waals surface area contributed by atoms with E-state index in [1.165, 1.54) is 7.11 Å². The van der Waals surface area contributed by atoms with Crippen molar-refractivity contribution in [3.63, 3.8) is 0 Å². The molecule has 6 nitrogen and oxygen atoms in total. The van der Waals surface area contributed by atoms with Crippen LogP contribution in [-0.4, -0.2) is 56.4 Å². The van der Waals surface area contributed by atoms with Gasteiger partial charge in [0.15, 0.2) is 9.84 Å². The summed E-state index contributed by atoms with van der Waals surface area (Å²) in [6, 6.07) is -0.501. The minimum Gasteiger partial charge on any atom is -0.467 e. The van der Waals surface area contributed by atoms with Crippen LogP contribution in [0.2, 0.25) is 0 Å². The van der Waals surface area contributed by atoms with Crippen molar-refractivity contribution < 1.29 is 22.7 Å². The molecule has 2 rings (SSSR count). The number of rotatable bonds is 3. The second kappa shape index (κ2) is 6.11. The van der Waals surface area contributed by atoms with Crippen LogP contribution in [0.1, 0.15) is 32.1 Å². The maximum atomic E-state index is 12.3. The number of likely N-dealkylation sites (tertiary alicyclic amines) is 1. The summed E-state index contributed by atoms with van der Waals surface area (Å²) in [6.07, 6.45) is 3.17. The molecular weight excluding hydrogens is 282 g/mol. The van der Waals surface area contributed by atoms with Crippen LogP contribution in [0.25, 0.3) is 0 Å². The minimum atomic E-state index is -2.97. The Morgan fingerprint density at radius 1 is 1.25 bits per heavy atom. The normalized spacial score (nSPS) is 29.1. The third kappa shape index (κ3) is 3.50. The number of sulfone groups is 1. The van der Waals surface area contributed by atoms with E-state index in [0.717, 1.165) is 12.8 Å². The predicted molar refractivity (Wildman–Crippen MR) is 72.7 cm³/mol. The van der Waals surface area contributed by atoms with E-state index in [-0.39, 0.29) is 35.7 Å². The summed E-state index contributed by atoms with van der Waals surface area (Å²) in [7, 11) is -1.65. The number of hydrogen-bond donors (Lipinski definition) is 0.